The summed E-state index contributed by atoms with van der Waals surface area (Å²) in [6.45, 7) is 4.34. The Bertz CT molecular complexity index is 1150. The summed E-state index contributed by atoms with van der Waals surface area (Å²) in [6, 6.07) is 15.0. The molecular formula is C27H29FN2O. The van der Waals surface area contributed by atoms with E-state index in [1.807, 2.05) is 10.9 Å². The van der Waals surface area contributed by atoms with E-state index in [1.165, 1.54) is 28.8 Å². The van der Waals surface area contributed by atoms with E-state index in [-0.39, 0.29) is 11.2 Å². The number of aryl methyl sites for hydroxylation is 2. The second-order valence-corrected chi connectivity index (χ2v) is 9.50. The number of halogens is 1. The van der Waals surface area contributed by atoms with Gasteiger partial charge in [-0.05, 0) is 86.9 Å². The molecule has 0 bridgehead atoms. The molecule has 2 aliphatic rings. The molecule has 5 rings (SSSR count). The number of aromatic nitrogens is 2. The van der Waals surface area contributed by atoms with Gasteiger partial charge >= 0.3 is 0 Å². The van der Waals surface area contributed by atoms with E-state index in [0.29, 0.717) is 0 Å². The molecule has 1 aromatic heterocycles. The Hall–Kier alpha value is -2.72. The summed E-state index contributed by atoms with van der Waals surface area (Å²) in [6.07, 6.45) is 9.37. The molecule has 0 saturated heterocycles. The van der Waals surface area contributed by atoms with Gasteiger partial charge in [0, 0.05) is 5.41 Å². The molecule has 2 aromatic carbocycles. The van der Waals surface area contributed by atoms with Gasteiger partial charge in [0.05, 0.1) is 23.2 Å². The molecule has 1 saturated carbocycles. The van der Waals surface area contributed by atoms with Gasteiger partial charge in [0.2, 0.25) is 0 Å². The zero-order chi connectivity index (χ0) is 21.6. The molecule has 1 N–H and O–H groups in total. The Morgan fingerprint density at radius 2 is 1.97 bits per heavy atom. The molecule has 1 fully saturated rings. The highest BCUT2D eigenvalue weighted by Crippen LogP contribution is 2.54. The molecular weight excluding hydrogens is 387 g/mol. The van der Waals surface area contributed by atoms with Gasteiger partial charge in [-0.2, -0.15) is 5.10 Å². The minimum Gasteiger partial charge on any atom is -0.389 e. The van der Waals surface area contributed by atoms with Gasteiger partial charge in [0.15, 0.2) is 0 Å². The second kappa shape index (κ2) is 7.45. The van der Waals surface area contributed by atoms with Crippen LogP contribution < -0.4 is 0 Å². The number of aliphatic hydroxyl groups is 1. The van der Waals surface area contributed by atoms with Gasteiger partial charge in [-0.25, -0.2) is 9.07 Å². The number of nitrogens with zero attached hydrogens (tertiary/aromatic N) is 2. The van der Waals surface area contributed by atoms with E-state index in [1.54, 1.807) is 12.1 Å². The standard InChI is InChI=1S/C27H29FN2O/c1-19-5-3-6-20(15-19)12-14-27(31)13-4-7-22-16-25-21(17-26(22,27)2)18-29-30(25)24-10-8-23(28)9-11-24/h3,5-6,8-11,15-16,18,31H,4,7,12-14,17H2,1-2H3/t26-,27+/m0/s1. The molecule has 1 heterocycles. The van der Waals surface area contributed by atoms with Crippen molar-refractivity contribution in [1.82, 2.24) is 9.78 Å². The summed E-state index contributed by atoms with van der Waals surface area (Å²) in [7, 11) is 0. The van der Waals surface area contributed by atoms with Crippen molar-refractivity contribution >= 4 is 6.08 Å². The quantitative estimate of drug-likeness (QED) is 0.582. The van der Waals surface area contributed by atoms with Crippen LogP contribution in [0.25, 0.3) is 11.8 Å². The lowest BCUT2D eigenvalue weighted by Gasteiger charge is -2.52. The van der Waals surface area contributed by atoms with Crippen molar-refractivity contribution in [3.8, 4) is 5.69 Å². The lowest BCUT2D eigenvalue weighted by atomic mass is 9.56. The number of fused-ring (bicyclic) bond motifs is 2. The van der Waals surface area contributed by atoms with Crippen molar-refractivity contribution in [3.63, 3.8) is 0 Å². The molecule has 2 atom stereocenters. The van der Waals surface area contributed by atoms with E-state index < -0.39 is 5.60 Å². The van der Waals surface area contributed by atoms with Crippen molar-refractivity contribution < 1.29 is 9.50 Å². The van der Waals surface area contributed by atoms with Gasteiger partial charge in [0.25, 0.3) is 0 Å². The Balaban J connectivity index is 1.46. The predicted molar refractivity (Wildman–Crippen MR) is 122 cm³/mol. The summed E-state index contributed by atoms with van der Waals surface area (Å²) in [5.41, 5.74) is 5.88. The molecule has 160 valence electrons. The fourth-order valence-electron chi connectivity index (χ4n) is 5.57. The monoisotopic (exact) mass is 416 g/mol. The van der Waals surface area contributed by atoms with Crippen LogP contribution in [0.4, 0.5) is 4.39 Å². The first-order valence-electron chi connectivity index (χ1n) is 11.2. The Morgan fingerprint density at radius 1 is 1.16 bits per heavy atom. The minimum absolute atomic E-state index is 0.248. The third-order valence-electron chi connectivity index (χ3n) is 7.49. The summed E-state index contributed by atoms with van der Waals surface area (Å²) in [5.74, 6) is -0.248. The Morgan fingerprint density at radius 3 is 2.74 bits per heavy atom. The van der Waals surface area contributed by atoms with Crippen molar-refractivity contribution in [2.45, 2.75) is 58.0 Å². The second-order valence-electron chi connectivity index (χ2n) is 9.50. The number of hydrogen-bond donors (Lipinski definition) is 1. The molecule has 2 aliphatic carbocycles. The third-order valence-corrected chi connectivity index (χ3v) is 7.49. The maximum Gasteiger partial charge on any atom is 0.123 e. The van der Waals surface area contributed by atoms with Crippen LogP contribution in [-0.4, -0.2) is 20.5 Å². The van der Waals surface area contributed by atoms with Crippen LogP contribution in [0.1, 0.15) is 55.0 Å². The van der Waals surface area contributed by atoms with Crippen LogP contribution in [0, 0.1) is 18.2 Å². The predicted octanol–water partition coefficient (Wildman–Crippen LogP) is 5.81. The highest BCUT2D eigenvalue weighted by atomic mass is 19.1. The average molecular weight is 417 g/mol. The van der Waals surface area contributed by atoms with Crippen molar-refractivity contribution in [2.75, 3.05) is 0 Å². The highest BCUT2D eigenvalue weighted by Gasteiger charge is 2.52. The maximum atomic E-state index is 13.4. The Kier molecular flexibility index (Phi) is 4.86. The van der Waals surface area contributed by atoms with E-state index in [2.05, 4.69) is 49.3 Å². The SMILES string of the molecule is Cc1cccc(CC[C@]2(O)CCCC3=Cc4c(cnn4-c4ccc(F)cc4)C[C@@]32C)c1. The normalized spacial score (nSPS) is 25.0. The summed E-state index contributed by atoms with van der Waals surface area (Å²) >= 11 is 0. The molecule has 0 unspecified atom stereocenters. The average Bonchev–Trinajstić information content (AvgIpc) is 3.15. The van der Waals surface area contributed by atoms with Crippen molar-refractivity contribution in [2.24, 2.45) is 5.41 Å². The van der Waals surface area contributed by atoms with Crippen LogP contribution in [-0.2, 0) is 12.8 Å². The first kappa shape index (κ1) is 20.2. The number of benzene rings is 2. The number of rotatable bonds is 4. The lowest BCUT2D eigenvalue weighted by Crippen LogP contribution is -2.52. The molecule has 3 aromatic rings. The van der Waals surface area contributed by atoms with E-state index in [4.69, 9.17) is 0 Å². The van der Waals surface area contributed by atoms with Crippen LogP contribution in [0.2, 0.25) is 0 Å². The van der Waals surface area contributed by atoms with Gasteiger partial charge in [-0.1, -0.05) is 42.3 Å². The third kappa shape index (κ3) is 3.43. The van der Waals surface area contributed by atoms with Gasteiger partial charge < -0.3 is 5.11 Å². The van der Waals surface area contributed by atoms with Crippen molar-refractivity contribution in [3.05, 3.63) is 88.5 Å². The fourth-order valence-corrected chi connectivity index (χ4v) is 5.57. The molecule has 4 heteroatoms. The van der Waals surface area contributed by atoms with Gasteiger partial charge in [-0.3, -0.25) is 0 Å². The smallest absolute Gasteiger partial charge is 0.123 e. The fraction of sp³-hybridized carbons (Fsp3) is 0.370. The van der Waals surface area contributed by atoms with Crippen LogP contribution in [0.5, 0.6) is 0 Å². The first-order chi connectivity index (χ1) is 14.9. The van der Waals surface area contributed by atoms with Gasteiger partial charge in [-0.15, -0.1) is 0 Å². The van der Waals surface area contributed by atoms with Gasteiger partial charge in [0.1, 0.15) is 5.82 Å². The molecule has 0 radical (unpaired) electrons. The van der Waals surface area contributed by atoms with Crippen LogP contribution in [0.3, 0.4) is 0 Å². The highest BCUT2D eigenvalue weighted by molar-refractivity contribution is 5.62. The molecule has 0 aliphatic heterocycles. The van der Waals surface area contributed by atoms with Crippen LogP contribution in [0.15, 0.2) is 60.3 Å². The molecule has 0 spiro atoms. The summed E-state index contributed by atoms with van der Waals surface area (Å²) in [5, 5.41) is 16.5. The first-order valence-corrected chi connectivity index (χ1v) is 11.2. The van der Waals surface area contributed by atoms with Crippen LogP contribution >= 0.6 is 0 Å². The van der Waals surface area contributed by atoms with Crippen molar-refractivity contribution in [1.29, 1.82) is 0 Å². The number of hydrogen-bond acceptors (Lipinski definition) is 2. The summed E-state index contributed by atoms with van der Waals surface area (Å²) < 4.78 is 15.3. The van der Waals surface area contributed by atoms with E-state index in [0.717, 1.165) is 55.5 Å². The Labute approximate surface area is 183 Å². The zero-order valence-corrected chi connectivity index (χ0v) is 18.2. The van der Waals surface area contributed by atoms with E-state index >= 15 is 0 Å². The zero-order valence-electron chi connectivity index (χ0n) is 18.2. The molecule has 3 nitrogen and oxygen atoms in total. The molecule has 0 amide bonds. The largest absolute Gasteiger partial charge is 0.389 e. The summed E-state index contributed by atoms with van der Waals surface area (Å²) in [4.78, 5) is 0. The maximum absolute atomic E-state index is 13.4. The lowest BCUT2D eigenvalue weighted by molar-refractivity contribution is -0.0843. The van der Waals surface area contributed by atoms with E-state index in [9.17, 15) is 9.50 Å². The topological polar surface area (TPSA) is 38.1 Å². The minimum atomic E-state index is -0.740. The molecule has 31 heavy (non-hydrogen) atoms.